The Kier molecular flexibility index (Phi) is 5.50. The SMILES string of the molecule is Cc1ccccc1OCc1ccc(C(=O)NCCn2cc([N+](=O)[O-])cn2)o1. The van der Waals surface area contributed by atoms with Crippen LogP contribution in [0.3, 0.4) is 0 Å². The number of nitrogens with one attached hydrogen (secondary N) is 1. The van der Waals surface area contributed by atoms with Crippen LogP contribution < -0.4 is 10.1 Å². The Morgan fingerprint density at radius 1 is 1.33 bits per heavy atom. The summed E-state index contributed by atoms with van der Waals surface area (Å²) in [6.07, 6.45) is 2.47. The van der Waals surface area contributed by atoms with Gasteiger partial charge in [-0.2, -0.15) is 5.10 Å². The molecule has 9 nitrogen and oxygen atoms in total. The zero-order valence-electron chi connectivity index (χ0n) is 14.6. The van der Waals surface area contributed by atoms with Crippen molar-refractivity contribution in [3.8, 4) is 5.75 Å². The molecule has 0 spiro atoms. The third kappa shape index (κ3) is 4.72. The van der Waals surface area contributed by atoms with Crippen molar-refractivity contribution in [1.29, 1.82) is 0 Å². The maximum Gasteiger partial charge on any atom is 0.306 e. The van der Waals surface area contributed by atoms with Crippen LogP contribution >= 0.6 is 0 Å². The monoisotopic (exact) mass is 370 g/mol. The predicted octanol–water partition coefficient (Wildman–Crippen LogP) is 2.70. The molecule has 0 aliphatic heterocycles. The summed E-state index contributed by atoms with van der Waals surface area (Å²) in [4.78, 5) is 22.2. The van der Waals surface area contributed by atoms with E-state index < -0.39 is 4.92 Å². The van der Waals surface area contributed by atoms with E-state index in [4.69, 9.17) is 9.15 Å². The quantitative estimate of drug-likeness (QED) is 0.482. The van der Waals surface area contributed by atoms with Crippen molar-refractivity contribution < 1.29 is 18.9 Å². The lowest BCUT2D eigenvalue weighted by molar-refractivity contribution is -0.385. The molecule has 2 heterocycles. The van der Waals surface area contributed by atoms with Crippen LogP contribution in [-0.4, -0.2) is 27.2 Å². The van der Waals surface area contributed by atoms with E-state index in [0.717, 1.165) is 17.5 Å². The molecule has 0 radical (unpaired) electrons. The smallest absolute Gasteiger partial charge is 0.306 e. The highest BCUT2D eigenvalue weighted by Crippen LogP contribution is 2.18. The Hall–Kier alpha value is -3.62. The minimum Gasteiger partial charge on any atom is -0.485 e. The van der Waals surface area contributed by atoms with Gasteiger partial charge < -0.3 is 14.5 Å². The number of rotatable bonds is 8. The van der Waals surface area contributed by atoms with Crippen LogP contribution in [0.2, 0.25) is 0 Å². The molecule has 2 aromatic heterocycles. The number of aryl methyl sites for hydroxylation is 1. The van der Waals surface area contributed by atoms with E-state index in [2.05, 4.69) is 10.4 Å². The summed E-state index contributed by atoms with van der Waals surface area (Å²) >= 11 is 0. The van der Waals surface area contributed by atoms with Crippen molar-refractivity contribution in [2.75, 3.05) is 6.54 Å². The first-order valence-corrected chi connectivity index (χ1v) is 8.25. The number of para-hydroxylation sites is 1. The van der Waals surface area contributed by atoms with Crippen molar-refractivity contribution in [2.45, 2.75) is 20.1 Å². The summed E-state index contributed by atoms with van der Waals surface area (Å²) in [5.74, 6) is 1.09. The number of hydrogen-bond acceptors (Lipinski definition) is 6. The molecule has 0 atom stereocenters. The molecule has 0 aliphatic carbocycles. The Morgan fingerprint density at radius 3 is 2.89 bits per heavy atom. The summed E-state index contributed by atoms with van der Waals surface area (Å²) in [5, 5.41) is 17.1. The maximum atomic E-state index is 12.1. The molecule has 0 fully saturated rings. The van der Waals surface area contributed by atoms with E-state index >= 15 is 0 Å². The molecule has 0 saturated carbocycles. The molecule has 3 aromatic rings. The molecule has 1 aromatic carbocycles. The van der Waals surface area contributed by atoms with Gasteiger partial charge in [0.15, 0.2) is 5.76 Å². The summed E-state index contributed by atoms with van der Waals surface area (Å²) in [6, 6.07) is 10.9. The Morgan fingerprint density at radius 2 is 2.15 bits per heavy atom. The van der Waals surface area contributed by atoms with Crippen molar-refractivity contribution in [3.05, 3.63) is 76.0 Å². The highest BCUT2D eigenvalue weighted by Gasteiger charge is 2.12. The fraction of sp³-hybridized carbons (Fsp3) is 0.222. The van der Waals surface area contributed by atoms with Gasteiger partial charge in [0, 0.05) is 6.54 Å². The summed E-state index contributed by atoms with van der Waals surface area (Å²) in [5.41, 5.74) is 0.923. The third-order valence-electron chi connectivity index (χ3n) is 3.81. The van der Waals surface area contributed by atoms with Crippen molar-refractivity contribution in [3.63, 3.8) is 0 Å². The molecular formula is C18H18N4O5. The number of ether oxygens (including phenoxy) is 1. The second-order valence-electron chi connectivity index (χ2n) is 5.79. The number of carbonyl (C=O) groups is 1. The average molecular weight is 370 g/mol. The molecule has 140 valence electrons. The number of hydrogen-bond donors (Lipinski definition) is 1. The lowest BCUT2D eigenvalue weighted by atomic mass is 10.2. The van der Waals surface area contributed by atoms with Gasteiger partial charge in [0.25, 0.3) is 5.91 Å². The second-order valence-corrected chi connectivity index (χ2v) is 5.79. The Balaban J connectivity index is 1.47. The van der Waals surface area contributed by atoms with Crippen LogP contribution in [0.5, 0.6) is 5.75 Å². The first-order valence-electron chi connectivity index (χ1n) is 8.25. The second kappa shape index (κ2) is 8.17. The van der Waals surface area contributed by atoms with Gasteiger partial charge in [-0.05, 0) is 30.7 Å². The normalized spacial score (nSPS) is 10.6. The molecule has 3 rings (SSSR count). The van der Waals surface area contributed by atoms with Crippen LogP contribution in [-0.2, 0) is 13.2 Å². The maximum absolute atomic E-state index is 12.1. The van der Waals surface area contributed by atoms with Crippen LogP contribution in [0.15, 0.2) is 53.2 Å². The van der Waals surface area contributed by atoms with Gasteiger partial charge in [0.2, 0.25) is 0 Å². The number of aromatic nitrogens is 2. The van der Waals surface area contributed by atoms with Crippen molar-refractivity contribution >= 4 is 11.6 Å². The standard InChI is InChI=1S/C18H18N4O5/c1-13-4-2-3-5-16(13)26-12-15-6-7-17(27-15)18(23)19-8-9-21-11-14(10-20-21)22(24)25/h2-7,10-11H,8-9,12H2,1H3,(H,19,23). The highest BCUT2D eigenvalue weighted by atomic mass is 16.6. The molecule has 0 unspecified atom stereocenters. The molecular weight excluding hydrogens is 352 g/mol. The largest absolute Gasteiger partial charge is 0.485 e. The summed E-state index contributed by atoms with van der Waals surface area (Å²) in [6.45, 7) is 2.73. The van der Waals surface area contributed by atoms with E-state index in [0.29, 0.717) is 12.3 Å². The molecule has 1 N–H and O–H groups in total. The van der Waals surface area contributed by atoms with E-state index in [9.17, 15) is 14.9 Å². The van der Waals surface area contributed by atoms with Gasteiger partial charge in [-0.25, -0.2) is 0 Å². The molecule has 0 bridgehead atoms. The lowest BCUT2D eigenvalue weighted by Crippen LogP contribution is -2.27. The highest BCUT2D eigenvalue weighted by molar-refractivity contribution is 5.91. The van der Waals surface area contributed by atoms with Gasteiger partial charge >= 0.3 is 5.69 Å². The Bertz CT molecular complexity index is 947. The fourth-order valence-corrected chi connectivity index (χ4v) is 2.39. The van der Waals surface area contributed by atoms with Crippen molar-refractivity contribution in [2.24, 2.45) is 0 Å². The minimum atomic E-state index is -0.522. The third-order valence-corrected chi connectivity index (χ3v) is 3.81. The van der Waals surface area contributed by atoms with E-state index in [1.807, 2.05) is 31.2 Å². The first kappa shape index (κ1) is 18.2. The van der Waals surface area contributed by atoms with Gasteiger partial charge in [0.1, 0.15) is 30.5 Å². The number of benzene rings is 1. The average Bonchev–Trinajstić information content (AvgIpc) is 3.30. The molecule has 9 heteroatoms. The fourth-order valence-electron chi connectivity index (χ4n) is 2.39. The zero-order chi connectivity index (χ0) is 19.2. The van der Waals surface area contributed by atoms with E-state index in [1.54, 1.807) is 12.1 Å². The van der Waals surface area contributed by atoms with Crippen LogP contribution in [0.25, 0.3) is 0 Å². The number of carbonyl (C=O) groups excluding carboxylic acids is 1. The van der Waals surface area contributed by atoms with E-state index in [1.165, 1.54) is 10.9 Å². The summed E-state index contributed by atoms with van der Waals surface area (Å²) < 4.78 is 12.6. The van der Waals surface area contributed by atoms with Crippen molar-refractivity contribution in [1.82, 2.24) is 15.1 Å². The first-order chi connectivity index (χ1) is 13.0. The zero-order valence-corrected chi connectivity index (χ0v) is 14.6. The molecule has 1 amide bonds. The van der Waals surface area contributed by atoms with Crippen LogP contribution in [0.4, 0.5) is 5.69 Å². The number of amides is 1. The molecule has 27 heavy (non-hydrogen) atoms. The topological polar surface area (TPSA) is 112 Å². The van der Waals surface area contributed by atoms with Crippen LogP contribution in [0, 0.1) is 17.0 Å². The van der Waals surface area contributed by atoms with Gasteiger partial charge in [0.05, 0.1) is 11.5 Å². The Labute approximate surface area is 154 Å². The summed E-state index contributed by atoms with van der Waals surface area (Å²) in [7, 11) is 0. The molecule has 0 saturated heterocycles. The van der Waals surface area contributed by atoms with E-state index in [-0.39, 0.29) is 30.5 Å². The van der Waals surface area contributed by atoms with Gasteiger partial charge in [-0.15, -0.1) is 0 Å². The number of nitrogens with zero attached hydrogens (tertiary/aromatic N) is 3. The predicted molar refractivity (Wildman–Crippen MR) is 95.4 cm³/mol. The molecule has 0 aliphatic rings. The number of nitro groups is 1. The van der Waals surface area contributed by atoms with Gasteiger partial charge in [-0.3, -0.25) is 19.6 Å². The lowest BCUT2D eigenvalue weighted by Gasteiger charge is -2.07. The number of furan rings is 1. The van der Waals surface area contributed by atoms with Crippen LogP contribution in [0.1, 0.15) is 21.9 Å². The van der Waals surface area contributed by atoms with Gasteiger partial charge in [-0.1, -0.05) is 18.2 Å². The minimum absolute atomic E-state index is 0.0920.